The smallest absolute Gasteiger partial charge is 0.161 e. The lowest BCUT2D eigenvalue weighted by Crippen LogP contribution is -2.38. The van der Waals surface area contributed by atoms with Gasteiger partial charge in [-0.25, -0.2) is 0 Å². The quantitative estimate of drug-likeness (QED) is 0.837. The molecule has 0 amide bonds. The minimum absolute atomic E-state index is 0.614. The first-order chi connectivity index (χ1) is 10.3. The predicted molar refractivity (Wildman–Crippen MR) is 86.2 cm³/mol. The van der Waals surface area contributed by atoms with Crippen LogP contribution in [0.25, 0.3) is 0 Å². The third-order valence-corrected chi connectivity index (χ3v) is 3.87. The zero-order chi connectivity index (χ0) is 14.9. The largest absolute Gasteiger partial charge is 0.490 e. The molecule has 21 heavy (non-hydrogen) atoms. The molecule has 0 spiro atoms. The first kappa shape index (κ1) is 16.1. The van der Waals surface area contributed by atoms with Crippen LogP contribution in [-0.2, 0) is 0 Å². The molecule has 0 aliphatic carbocycles. The van der Waals surface area contributed by atoms with E-state index < -0.39 is 0 Å². The Bertz CT molecular complexity index is 412. The molecule has 0 aromatic heterocycles. The van der Waals surface area contributed by atoms with E-state index in [9.17, 15) is 0 Å². The van der Waals surface area contributed by atoms with E-state index in [1.165, 1.54) is 12.8 Å². The summed E-state index contributed by atoms with van der Waals surface area (Å²) in [7, 11) is 0. The van der Waals surface area contributed by atoms with Gasteiger partial charge < -0.3 is 14.8 Å². The van der Waals surface area contributed by atoms with E-state index >= 15 is 0 Å². The van der Waals surface area contributed by atoms with Gasteiger partial charge in [0.1, 0.15) is 6.61 Å². The lowest BCUT2D eigenvalue weighted by atomic mass is 10.2. The van der Waals surface area contributed by atoms with Crippen LogP contribution in [0.5, 0.6) is 11.5 Å². The van der Waals surface area contributed by atoms with Crippen LogP contribution in [0.15, 0.2) is 24.3 Å². The molecule has 1 aromatic rings. The molecule has 1 aromatic carbocycles. The SMILES string of the molecule is CCOc1ccccc1OCCN1CCCNC(CC)C1. The molecule has 1 saturated heterocycles. The summed E-state index contributed by atoms with van der Waals surface area (Å²) < 4.78 is 11.5. The molecule has 1 fully saturated rings. The maximum atomic E-state index is 5.92. The summed E-state index contributed by atoms with van der Waals surface area (Å²) in [5.41, 5.74) is 0. The number of ether oxygens (including phenoxy) is 2. The van der Waals surface area contributed by atoms with Gasteiger partial charge in [0.25, 0.3) is 0 Å². The second-order valence-corrected chi connectivity index (χ2v) is 5.44. The van der Waals surface area contributed by atoms with Crippen LogP contribution in [0.3, 0.4) is 0 Å². The van der Waals surface area contributed by atoms with Crippen molar-refractivity contribution in [2.45, 2.75) is 32.7 Å². The van der Waals surface area contributed by atoms with Crippen molar-refractivity contribution in [3.8, 4) is 11.5 Å². The molecule has 1 atom stereocenters. The molecule has 1 unspecified atom stereocenters. The Labute approximate surface area is 128 Å². The van der Waals surface area contributed by atoms with Crippen LogP contribution in [0.4, 0.5) is 0 Å². The summed E-state index contributed by atoms with van der Waals surface area (Å²) in [4.78, 5) is 2.50. The van der Waals surface area contributed by atoms with Crippen LogP contribution in [0.2, 0.25) is 0 Å². The van der Waals surface area contributed by atoms with Crippen molar-refractivity contribution in [2.75, 3.05) is 39.4 Å². The normalized spacial score (nSPS) is 20.0. The van der Waals surface area contributed by atoms with Crippen LogP contribution in [-0.4, -0.2) is 50.3 Å². The van der Waals surface area contributed by atoms with Gasteiger partial charge in [-0.15, -0.1) is 0 Å². The number of nitrogens with zero attached hydrogens (tertiary/aromatic N) is 1. The molecular weight excluding hydrogens is 264 g/mol. The van der Waals surface area contributed by atoms with E-state index in [2.05, 4.69) is 17.1 Å². The van der Waals surface area contributed by atoms with Crippen LogP contribution in [0, 0.1) is 0 Å². The molecule has 4 nitrogen and oxygen atoms in total. The Kier molecular flexibility index (Phi) is 6.83. The van der Waals surface area contributed by atoms with Gasteiger partial charge in [0.15, 0.2) is 11.5 Å². The van der Waals surface area contributed by atoms with Crippen molar-refractivity contribution in [2.24, 2.45) is 0 Å². The summed E-state index contributed by atoms with van der Waals surface area (Å²) >= 11 is 0. The molecule has 0 saturated carbocycles. The van der Waals surface area contributed by atoms with Crippen molar-refractivity contribution < 1.29 is 9.47 Å². The number of nitrogens with one attached hydrogen (secondary N) is 1. The zero-order valence-corrected chi connectivity index (χ0v) is 13.3. The number of hydrogen-bond donors (Lipinski definition) is 1. The summed E-state index contributed by atoms with van der Waals surface area (Å²) in [5.74, 6) is 1.68. The van der Waals surface area contributed by atoms with Gasteiger partial charge in [0.05, 0.1) is 6.61 Å². The van der Waals surface area contributed by atoms with Gasteiger partial charge in [-0.3, -0.25) is 4.90 Å². The monoisotopic (exact) mass is 292 g/mol. The lowest BCUT2D eigenvalue weighted by molar-refractivity contribution is 0.199. The Hall–Kier alpha value is -1.26. The number of benzene rings is 1. The number of hydrogen-bond acceptors (Lipinski definition) is 4. The summed E-state index contributed by atoms with van der Waals surface area (Å²) in [6, 6.07) is 8.51. The van der Waals surface area contributed by atoms with Crippen molar-refractivity contribution in [3.63, 3.8) is 0 Å². The number of para-hydroxylation sites is 2. The average molecular weight is 292 g/mol. The van der Waals surface area contributed by atoms with Gasteiger partial charge in [0.2, 0.25) is 0 Å². The Morgan fingerprint density at radius 2 is 1.95 bits per heavy atom. The van der Waals surface area contributed by atoms with Gasteiger partial charge >= 0.3 is 0 Å². The Morgan fingerprint density at radius 1 is 1.19 bits per heavy atom. The van der Waals surface area contributed by atoms with Gasteiger partial charge in [0, 0.05) is 19.1 Å². The van der Waals surface area contributed by atoms with Gasteiger partial charge in [-0.05, 0) is 45.0 Å². The molecule has 1 heterocycles. The maximum absolute atomic E-state index is 5.92. The molecule has 0 radical (unpaired) electrons. The van der Waals surface area contributed by atoms with Crippen molar-refractivity contribution in [3.05, 3.63) is 24.3 Å². The molecule has 118 valence electrons. The van der Waals surface area contributed by atoms with Crippen molar-refractivity contribution in [1.82, 2.24) is 10.2 Å². The van der Waals surface area contributed by atoms with Gasteiger partial charge in [-0.2, -0.15) is 0 Å². The molecule has 1 N–H and O–H groups in total. The first-order valence-corrected chi connectivity index (χ1v) is 8.13. The fourth-order valence-electron chi connectivity index (χ4n) is 2.68. The Balaban J connectivity index is 1.80. The van der Waals surface area contributed by atoms with E-state index in [0.29, 0.717) is 19.3 Å². The summed E-state index contributed by atoms with van der Waals surface area (Å²) in [6.07, 6.45) is 2.40. The van der Waals surface area contributed by atoms with E-state index in [4.69, 9.17) is 9.47 Å². The second kappa shape index (κ2) is 8.90. The molecular formula is C17H28N2O2. The van der Waals surface area contributed by atoms with Crippen molar-refractivity contribution >= 4 is 0 Å². The second-order valence-electron chi connectivity index (χ2n) is 5.44. The highest BCUT2D eigenvalue weighted by molar-refractivity contribution is 5.39. The van der Waals surface area contributed by atoms with E-state index in [0.717, 1.165) is 37.7 Å². The minimum atomic E-state index is 0.614. The van der Waals surface area contributed by atoms with Crippen LogP contribution in [0.1, 0.15) is 26.7 Å². The molecule has 0 bridgehead atoms. The molecule has 4 heteroatoms. The third-order valence-electron chi connectivity index (χ3n) is 3.87. The van der Waals surface area contributed by atoms with E-state index in [-0.39, 0.29) is 0 Å². The first-order valence-electron chi connectivity index (χ1n) is 8.13. The summed E-state index contributed by atoms with van der Waals surface area (Å²) in [5, 5.41) is 3.59. The standard InChI is InChI=1S/C17H28N2O2/c1-3-15-14-19(11-7-10-18-15)12-13-21-17-9-6-5-8-16(17)20-4-2/h5-6,8-9,15,18H,3-4,7,10-14H2,1-2H3. The molecule has 1 aliphatic rings. The molecule has 1 aliphatic heterocycles. The number of rotatable bonds is 7. The predicted octanol–water partition coefficient (Wildman–Crippen LogP) is 2.54. The highest BCUT2D eigenvalue weighted by Gasteiger charge is 2.16. The average Bonchev–Trinajstić information content (AvgIpc) is 2.74. The molecule has 2 rings (SSSR count). The Morgan fingerprint density at radius 3 is 2.67 bits per heavy atom. The van der Waals surface area contributed by atoms with E-state index in [1.807, 2.05) is 31.2 Å². The van der Waals surface area contributed by atoms with Gasteiger partial charge in [-0.1, -0.05) is 19.1 Å². The summed E-state index contributed by atoms with van der Waals surface area (Å²) in [6.45, 7) is 9.98. The lowest BCUT2D eigenvalue weighted by Gasteiger charge is -2.23. The third kappa shape index (κ3) is 5.21. The highest BCUT2D eigenvalue weighted by atomic mass is 16.5. The zero-order valence-electron chi connectivity index (χ0n) is 13.3. The highest BCUT2D eigenvalue weighted by Crippen LogP contribution is 2.26. The fraction of sp³-hybridized carbons (Fsp3) is 0.647. The topological polar surface area (TPSA) is 33.7 Å². The van der Waals surface area contributed by atoms with E-state index in [1.54, 1.807) is 0 Å². The fourth-order valence-corrected chi connectivity index (χ4v) is 2.68. The minimum Gasteiger partial charge on any atom is -0.490 e. The van der Waals surface area contributed by atoms with Crippen LogP contribution < -0.4 is 14.8 Å². The van der Waals surface area contributed by atoms with Crippen molar-refractivity contribution in [1.29, 1.82) is 0 Å². The van der Waals surface area contributed by atoms with Crippen LogP contribution >= 0.6 is 0 Å². The maximum Gasteiger partial charge on any atom is 0.161 e.